The zero-order valence-electron chi connectivity index (χ0n) is 15.3. The number of benzene rings is 1. The van der Waals surface area contributed by atoms with E-state index < -0.39 is 23.2 Å². The van der Waals surface area contributed by atoms with Crippen LogP contribution in [0.1, 0.15) is 19.9 Å². The van der Waals surface area contributed by atoms with E-state index in [2.05, 4.69) is 4.98 Å². The molecule has 0 radical (unpaired) electrons. The van der Waals surface area contributed by atoms with E-state index in [4.69, 9.17) is 9.47 Å². The SMILES string of the molecule is COc1ccc(-c2csc3ncn(C(C(C)=O)C(C)=O)c(=O)c23)cc1OC. The van der Waals surface area contributed by atoms with Gasteiger partial charge in [-0.2, -0.15) is 0 Å². The number of thiophene rings is 1. The summed E-state index contributed by atoms with van der Waals surface area (Å²) in [6.07, 6.45) is 1.26. The number of fused-ring (bicyclic) bond motifs is 1. The maximum absolute atomic E-state index is 13.1. The summed E-state index contributed by atoms with van der Waals surface area (Å²) >= 11 is 1.32. The van der Waals surface area contributed by atoms with Crippen molar-refractivity contribution in [1.82, 2.24) is 9.55 Å². The predicted octanol–water partition coefficient (Wildman–Crippen LogP) is 2.86. The fourth-order valence-electron chi connectivity index (χ4n) is 3.02. The Hall–Kier alpha value is -3.00. The van der Waals surface area contributed by atoms with E-state index in [9.17, 15) is 14.4 Å². The number of aromatic nitrogens is 2. The number of rotatable bonds is 6. The molecule has 140 valence electrons. The molecule has 3 aromatic rings. The Labute approximate surface area is 159 Å². The van der Waals surface area contributed by atoms with Crippen molar-refractivity contribution in [2.24, 2.45) is 0 Å². The minimum absolute atomic E-state index is 0.363. The molecule has 0 aliphatic rings. The summed E-state index contributed by atoms with van der Waals surface area (Å²) in [7, 11) is 3.08. The Kier molecular flexibility index (Phi) is 5.09. The number of carbonyl (C=O) groups excluding carboxylic acids is 2. The summed E-state index contributed by atoms with van der Waals surface area (Å²) < 4.78 is 11.7. The Morgan fingerprint density at radius 2 is 1.78 bits per heavy atom. The molecule has 0 amide bonds. The van der Waals surface area contributed by atoms with Crippen LogP contribution in [-0.4, -0.2) is 35.3 Å². The van der Waals surface area contributed by atoms with Crippen LogP contribution in [0.25, 0.3) is 21.3 Å². The van der Waals surface area contributed by atoms with Crippen LogP contribution in [0.4, 0.5) is 0 Å². The fraction of sp³-hybridized carbons (Fsp3) is 0.263. The maximum Gasteiger partial charge on any atom is 0.263 e. The number of carbonyl (C=O) groups is 2. The van der Waals surface area contributed by atoms with Gasteiger partial charge in [0.25, 0.3) is 5.56 Å². The van der Waals surface area contributed by atoms with Gasteiger partial charge in [-0.05, 0) is 31.5 Å². The first-order valence-corrected chi connectivity index (χ1v) is 8.98. The zero-order valence-corrected chi connectivity index (χ0v) is 16.1. The van der Waals surface area contributed by atoms with Gasteiger partial charge in [0.2, 0.25) is 0 Å². The minimum Gasteiger partial charge on any atom is -0.493 e. The average molecular weight is 386 g/mol. The van der Waals surface area contributed by atoms with Crippen LogP contribution in [-0.2, 0) is 9.59 Å². The largest absolute Gasteiger partial charge is 0.493 e. The van der Waals surface area contributed by atoms with Crippen LogP contribution in [0.15, 0.2) is 34.7 Å². The third-order valence-electron chi connectivity index (χ3n) is 4.26. The van der Waals surface area contributed by atoms with Crippen molar-refractivity contribution in [3.05, 3.63) is 40.3 Å². The van der Waals surface area contributed by atoms with E-state index in [0.29, 0.717) is 27.3 Å². The van der Waals surface area contributed by atoms with E-state index >= 15 is 0 Å². The van der Waals surface area contributed by atoms with Gasteiger partial charge in [0.15, 0.2) is 29.1 Å². The first-order valence-electron chi connectivity index (χ1n) is 8.10. The second-order valence-corrected chi connectivity index (χ2v) is 6.84. The van der Waals surface area contributed by atoms with Crippen molar-refractivity contribution >= 4 is 33.1 Å². The molecule has 0 bridgehead atoms. The van der Waals surface area contributed by atoms with Crippen LogP contribution in [0, 0.1) is 0 Å². The van der Waals surface area contributed by atoms with Gasteiger partial charge in [-0.15, -0.1) is 11.3 Å². The molecule has 0 aliphatic heterocycles. The molecule has 0 spiro atoms. The first-order chi connectivity index (χ1) is 12.9. The van der Waals surface area contributed by atoms with Crippen LogP contribution >= 0.6 is 11.3 Å². The van der Waals surface area contributed by atoms with Crippen LogP contribution in [0.2, 0.25) is 0 Å². The molecule has 7 nitrogen and oxygen atoms in total. The molecule has 8 heteroatoms. The van der Waals surface area contributed by atoms with Gasteiger partial charge in [0.1, 0.15) is 11.2 Å². The van der Waals surface area contributed by atoms with Gasteiger partial charge < -0.3 is 9.47 Å². The van der Waals surface area contributed by atoms with Gasteiger partial charge in [0, 0.05) is 10.9 Å². The number of methoxy groups -OCH3 is 2. The van der Waals surface area contributed by atoms with E-state index in [0.717, 1.165) is 10.1 Å². The van der Waals surface area contributed by atoms with Crippen LogP contribution < -0.4 is 15.0 Å². The lowest BCUT2D eigenvalue weighted by Crippen LogP contribution is -2.33. The number of hydrogen-bond acceptors (Lipinski definition) is 7. The predicted molar refractivity (Wildman–Crippen MR) is 103 cm³/mol. The molecule has 0 fully saturated rings. The van der Waals surface area contributed by atoms with Crippen molar-refractivity contribution in [3.8, 4) is 22.6 Å². The Morgan fingerprint density at radius 3 is 2.37 bits per heavy atom. The average Bonchev–Trinajstić information content (AvgIpc) is 3.07. The second kappa shape index (κ2) is 7.32. The topological polar surface area (TPSA) is 87.5 Å². The van der Waals surface area contributed by atoms with Crippen LogP contribution in [0.3, 0.4) is 0 Å². The number of ketones is 2. The summed E-state index contributed by atoms with van der Waals surface area (Å²) in [6.45, 7) is 2.57. The second-order valence-electron chi connectivity index (χ2n) is 5.98. The van der Waals surface area contributed by atoms with Crippen molar-refractivity contribution in [1.29, 1.82) is 0 Å². The summed E-state index contributed by atoms with van der Waals surface area (Å²) in [6, 6.07) is 4.16. The van der Waals surface area contributed by atoms with Crippen molar-refractivity contribution in [2.45, 2.75) is 19.9 Å². The fourth-order valence-corrected chi connectivity index (χ4v) is 3.93. The number of Topliss-reactive ketones (excluding diaryl/α,β-unsaturated/α-hetero) is 2. The van der Waals surface area contributed by atoms with E-state index in [1.54, 1.807) is 19.2 Å². The molecule has 1 aromatic carbocycles. The van der Waals surface area contributed by atoms with Gasteiger partial charge in [-0.1, -0.05) is 6.07 Å². The monoisotopic (exact) mass is 386 g/mol. The molecule has 2 heterocycles. The van der Waals surface area contributed by atoms with Gasteiger partial charge in [-0.25, -0.2) is 4.98 Å². The third-order valence-corrected chi connectivity index (χ3v) is 5.15. The lowest BCUT2D eigenvalue weighted by Gasteiger charge is -2.14. The Balaban J connectivity index is 2.25. The van der Waals surface area contributed by atoms with Crippen LogP contribution in [0.5, 0.6) is 11.5 Å². The lowest BCUT2D eigenvalue weighted by molar-refractivity contribution is -0.129. The zero-order chi connectivity index (χ0) is 19.7. The molecule has 0 N–H and O–H groups in total. The summed E-state index contributed by atoms with van der Waals surface area (Å²) in [4.78, 5) is 41.7. The standard InChI is InChI=1S/C19H18N2O5S/c1-10(22)17(11(2)23)21-9-20-18-16(19(21)24)13(8-27-18)12-5-6-14(25-3)15(7-12)26-4/h5-9,17H,1-4H3. The molecule has 3 rings (SSSR count). The smallest absolute Gasteiger partial charge is 0.263 e. The molecule has 0 saturated heterocycles. The molecule has 0 aliphatic carbocycles. The number of nitrogens with zero attached hydrogens (tertiary/aromatic N) is 2. The molecule has 0 saturated carbocycles. The highest BCUT2D eigenvalue weighted by Gasteiger charge is 2.25. The molecular formula is C19H18N2O5S. The maximum atomic E-state index is 13.1. The van der Waals surface area contributed by atoms with Gasteiger partial charge >= 0.3 is 0 Å². The van der Waals surface area contributed by atoms with Crippen molar-refractivity contribution < 1.29 is 19.1 Å². The quantitative estimate of drug-likeness (QED) is 0.606. The molecular weight excluding hydrogens is 368 g/mol. The summed E-state index contributed by atoms with van der Waals surface area (Å²) in [5.41, 5.74) is 0.979. The summed E-state index contributed by atoms with van der Waals surface area (Å²) in [5.74, 6) is 0.288. The Bertz CT molecular complexity index is 1090. The molecule has 0 unspecified atom stereocenters. The molecule has 2 aromatic heterocycles. The van der Waals surface area contributed by atoms with Gasteiger partial charge in [-0.3, -0.25) is 19.0 Å². The highest BCUT2D eigenvalue weighted by atomic mass is 32.1. The van der Waals surface area contributed by atoms with Crippen molar-refractivity contribution in [3.63, 3.8) is 0 Å². The lowest BCUT2D eigenvalue weighted by atomic mass is 10.1. The number of hydrogen-bond donors (Lipinski definition) is 0. The van der Waals surface area contributed by atoms with Gasteiger partial charge in [0.05, 0.1) is 19.6 Å². The molecule has 27 heavy (non-hydrogen) atoms. The van der Waals surface area contributed by atoms with E-state index in [-0.39, 0.29) is 0 Å². The minimum atomic E-state index is -1.17. The normalized spacial score (nSPS) is 11.0. The third kappa shape index (κ3) is 3.23. The summed E-state index contributed by atoms with van der Waals surface area (Å²) in [5, 5.41) is 2.18. The highest BCUT2D eigenvalue weighted by molar-refractivity contribution is 7.17. The first kappa shape index (κ1) is 18.8. The molecule has 0 atom stereocenters. The van der Waals surface area contributed by atoms with Crippen molar-refractivity contribution in [2.75, 3.05) is 14.2 Å². The highest BCUT2D eigenvalue weighted by Crippen LogP contribution is 2.36. The Morgan fingerprint density at radius 1 is 1.11 bits per heavy atom. The van der Waals surface area contributed by atoms with E-state index in [1.807, 2.05) is 11.4 Å². The van der Waals surface area contributed by atoms with E-state index in [1.165, 1.54) is 38.6 Å². The number of ether oxygens (including phenoxy) is 2.